The molecule has 3 atom stereocenters. The van der Waals surface area contributed by atoms with Crippen molar-refractivity contribution in [2.45, 2.75) is 51.8 Å². The summed E-state index contributed by atoms with van der Waals surface area (Å²) in [5.41, 5.74) is -0.0545. The van der Waals surface area contributed by atoms with Crippen LogP contribution in [0.3, 0.4) is 0 Å². The lowest BCUT2D eigenvalue weighted by molar-refractivity contribution is -0.164. The van der Waals surface area contributed by atoms with Crippen LogP contribution >= 0.6 is 0 Å². The Kier molecular flexibility index (Phi) is 4.13. The topological polar surface area (TPSA) is 86.1 Å². The smallest absolute Gasteiger partial charge is 0.319 e. The fourth-order valence-electron chi connectivity index (χ4n) is 2.47. The Labute approximate surface area is 124 Å². The van der Waals surface area contributed by atoms with Crippen molar-refractivity contribution in [1.29, 1.82) is 0 Å². The number of aromatic nitrogens is 3. The summed E-state index contributed by atoms with van der Waals surface area (Å²) in [5.74, 6) is -1.51. The Morgan fingerprint density at radius 1 is 1.48 bits per heavy atom. The Balaban J connectivity index is 2.29. The second-order valence-electron chi connectivity index (χ2n) is 6.54. The van der Waals surface area contributed by atoms with Crippen molar-refractivity contribution in [2.24, 2.45) is 13.0 Å². The van der Waals surface area contributed by atoms with Crippen molar-refractivity contribution in [2.75, 3.05) is 0 Å². The summed E-state index contributed by atoms with van der Waals surface area (Å²) in [6.45, 7) is 7.26. The van der Waals surface area contributed by atoms with E-state index in [2.05, 4.69) is 15.6 Å². The molecule has 0 spiro atoms. The van der Waals surface area contributed by atoms with Crippen LogP contribution in [0, 0.1) is 5.92 Å². The van der Waals surface area contributed by atoms with Gasteiger partial charge in [-0.3, -0.25) is 14.3 Å². The number of ether oxygens (including phenoxy) is 1. The summed E-state index contributed by atoms with van der Waals surface area (Å²) in [7, 11) is 1.74. The molecule has 1 saturated heterocycles. The zero-order valence-corrected chi connectivity index (χ0v) is 13.1. The molecule has 1 aliphatic rings. The Morgan fingerprint density at radius 2 is 2.14 bits per heavy atom. The molecule has 1 N–H and O–H groups in total. The molecule has 0 radical (unpaired) electrons. The van der Waals surface area contributed by atoms with Crippen molar-refractivity contribution in [3.05, 3.63) is 11.9 Å². The zero-order valence-electron chi connectivity index (χ0n) is 13.1. The van der Waals surface area contributed by atoms with Gasteiger partial charge in [0.1, 0.15) is 17.2 Å². The molecular formula is C14H22N4O3. The Hall–Kier alpha value is -1.76. The van der Waals surface area contributed by atoms with Crippen molar-refractivity contribution in [3.63, 3.8) is 0 Å². The number of nitrogens with one attached hydrogen (secondary N) is 1. The lowest BCUT2D eigenvalue weighted by atomic mass is 9.85. The molecule has 1 fully saturated rings. The predicted octanol–water partition coefficient (Wildman–Crippen LogP) is 0.765. The van der Waals surface area contributed by atoms with E-state index < -0.39 is 23.5 Å². The molecule has 0 aromatic carbocycles. The Bertz CT molecular complexity index is 547. The van der Waals surface area contributed by atoms with Crippen LogP contribution in [0.15, 0.2) is 6.20 Å². The largest absolute Gasteiger partial charge is 0.459 e. The van der Waals surface area contributed by atoms with E-state index in [1.165, 1.54) is 0 Å². The molecule has 7 heteroatoms. The third-order valence-electron chi connectivity index (χ3n) is 3.25. The SMILES string of the molecule is C[C@H]1CC(=O)C(C(=O)OC(C)(C)C)[C@@H](c2cn(C)nn2)N1. The first-order valence-corrected chi connectivity index (χ1v) is 7.05. The predicted molar refractivity (Wildman–Crippen MR) is 75.3 cm³/mol. The third-order valence-corrected chi connectivity index (χ3v) is 3.25. The molecule has 2 heterocycles. The number of Topliss-reactive ketones (excluding diaryl/α,β-unsaturated/α-hetero) is 1. The number of ketones is 1. The Morgan fingerprint density at radius 3 is 2.67 bits per heavy atom. The maximum atomic E-state index is 12.4. The fourth-order valence-corrected chi connectivity index (χ4v) is 2.47. The van der Waals surface area contributed by atoms with Gasteiger partial charge in [-0.25, -0.2) is 0 Å². The fraction of sp³-hybridized carbons (Fsp3) is 0.714. The van der Waals surface area contributed by atoms with E-state index in [-0.39, 0.29) is 11.8 Å². The van der Waals surface area contributed by atoms with Crippen LogP contribution in [0.5, 0.6) is 0 Å². The van der Waals surface area contributed by atoms with Gasteiger partial charge in [-0.2, -0.15) is 0 Å². The van der Waals surface area contributed by atoms with Gasteiger partial charge >= 0.3 is 5.97 Å². The van der Waals surface area contributed by atoms with Crippen molar-refractivity contribution < 1.29 is 14.3 Å². The van der Waals surface area contributed by atoms with Gasteiger partial charge in [0.25, 0.3) is 0 Å². The summed E-state index contributed by atoms with van der Waals surface area (Å²) in [6.07, 6.45) is 2.01. The minimum atomic E-state index is -0.878. The molecule has 0 aliphatic carbocycles. The van der Waals surface area contributed by atoms with Crippen LogP contribution < -0.4 is 5.32 Å². The van der Waals surface area contributed by atoms with Gasteiger partial charge < -0.3 is 10.1 Å². The molecule has 1 aromatic rings. The molecule has 0 bridgehead atoms. The number of nitrogens with zero attached hydrogens (tertiary/aromatic N) is 3. The van der Waals surface area contributed by atoms with Gasteiger partial charge in [0.15, 0.2) is 5.78 Å². The maximum absolute atomic E-state index is 12.4. The van der Waals surface area contributed by atoms with Gasteiger partial charge in [-0.1, -0.05) is 5.21 Å². The van der Waals surface area contributed by atoms with Crippen LogP contribution in [-0.4, -0.2) is 38.4 Å². The average Bonchev–Trinajstić information content (AvgIpc) is 2.72. The van der Waals surface area contributed by atoms with Gasteiger partial charge in [-0.05, 0) is 27.7 Å². The van der Waals surface area contributed by atoms with Crippen LogP contribution in [0.1, 0.15) is 45.9 Å². The maximum Gasteiger partial charge on any atom is 0.319 e. The first-order valence-electron chi connectivity index (χ1n) is 7.05. The van der Waals surface area contributed by atoms with Gasteiger partial charge in [-0.15, -0.1) is 5.10 Å². The summed E-state index contributed by atoms with van der Waals surface area (Å²) < 4.78 is 6.94. The van der Waals surface area contributed by atoms with E-state index in [4.69, 9.17) is 4.74 Å². The van der Waals surface area contributed by atoms with E-state index in [0.717, 1.165) is 0 Å². The number of esters is 1. The molecule has 1 aliphatic heterocycles. The number of aryl methyl sites for hydroxylation is 1. The highest BCUT2D eigenvalue weighted by Gasteiger charge is 2.43. The zero-order chi connectivity index (χ0) is 15.8. The van der Waals surface area contributed by atoms with Crippen LogP contribution in [0.25, 0.3) is 0 Å². The van der Waals surface area contributed by atoms with E-state index in [9.17, 15) is 9.59 Å². The summed E-state index contributed by atoms with van der Waals surface area (Å²) in [4.78, 5) is 24.7. The molecule has 7 nitrogen and oxygen atoms in total. The highest BCUT2D eigenvalue weighted by Crippen LogP contribution is 2.30. The number of carbonyl (C=O) groups is 2. The second kappa shape index (κ2) is 5.55. The second-order valence-corrected chi connectivity index (χ2v) is 6.54. The van der Waals surface area contributed by atoms with Crippen LogP contribution in [0.2, 0.25) is 0 Å². The van der Waals surface area contributed by atoms with Crippen molar-refractivity contribution >= 4 is 11.8 Å². The van der Waals surface area contributed by atoms with E-state index in [1.54, 1.807) is 38.7 Å². The highest BCUT2D eigenvalue weighted by atomic mass is 16.6. The molecule has 0 saturated carbocycles. The lowest BCUT2D eigenvalue weighted by Gasteiger charge is -2.34. The number of piperidine rings is 1. The van der Waals surface area contributed by atoms with Gasteiger partial charge in [0, 0.05) is 25.7 Å². The van der Waals surface area contributed by atoms with Crippen LogP contribution in [-0.2, 0) is 21.4 Å². The van der Waals surface area contributed by atoms with E-state index in [0.29, 0.717) is 12.1 Å². The standard InChI is InChI=1S/C14H22N4O3/c1-8-6-10(19)11(13(20)21-14(2,3)4)12(15-8)9-7-18(5)17-16-9/h7-8,11-12,15H,6H2,1-5H3/t8-,11?,12+/m0/s1. The van der Waals surface area contributed by atoms with Crippen LogP contribution in [0.4, 0.5) is 0 Å². The monoisotopic (exact) mass is 294 g/mol. The number of rotatable bonds is 2. The summed E-state index contributed by atoms with van der Waals surface area (Å²) in [5, 5.41) is 11.2. The molecule has 1 aromatic heterocycles. The molecule has 116 valence electrons. The number of carbonyl (C=O) groups excluding carboxylic acids is 2. The normalized spacial score (nSPS) is 26.7. The summed E-state index contributed by atoms with van der Waals surface area (Å²) in [6, 6.07) is -0.506. The van der Waals surface area contributed by atoms with E-state index in [1.807, 2.05) is 6.92 Å². The molecule has 21 heavy (non-hydrogen) atoms. The molecule has 0 amide bonds. The number of hydrogen-bond acceptors (Lipinski definition) is 6. The third kappa shape index (κ3) is 3.66. The molecular weight excluding hydrogens is 272 g/mol. The van der Waals surface area contributed by atoms with Gasteiger partial charge in [0.2, 0.25) is 0 Å². The quantitative estimate of drug-likeness (QED) is 0.640. The summed E-state index contributed by atoms with van der Waals surface area (Å²) >= 11 is 0. The first-order chi connectivity index (χ1) is 9.67. The highest BCUT2D eigenvalue weighted by molar-refractivity contribution is 6.00. The van der Waals surface area contributed by atoms with Gasteiger partial charge in [0.05, 0.1) is 6.04 Å². The molecule has 1 unspecified atom stereocenters. The van der Waals surface area contributed by atoms with Crippen molar-refractivity contribution in [3.8, 4) is 0 Å². The van der Waals surface area contributed by atoms with Crippen molar-refractivity contribution in [1.82, 2.24) is 20.3 Å². The number of hydrogen-bond donors (Lipinski definition) is 1. The molecule has 2 rings (SSSR count). The average molecular weight is 294 g/mol. The lowest BCUT2D eigenvalue weighted by Crippen LogP contribution is -2.50. The minimum Gasteiger partial charge on any atom is -0.459 e. The first kappa shape index (κ1) is 15.6. The van der Waals surface area contributed by atoms with E-state index >= 15 is 0 Å². The minimum absolute atomic E-state index is 0.0109.